The van der Waals surface area contributed by atoms with Crippen molar-refractivity contribution in [3.05, 3.63) is 40.8 Å². The van der Waals surface area contributed by atoms with E-state index >= 15 is 0 Å². The van der Waals surface area contributed by atoms with Crippen LogP contribution in [0, 0.1) is 0 Å². The number of methoxy groups -OCH3 is 2. The highest BCUT2D eigenvalue weighted by Gasteiger charge is 2.63. The number of allylic oxidation sites excluding steroid dienone is 1. The van der Waals surface area contributed by atoms with E-state index in [1.54, 1.807) is 11.3 Å². The Bertz CT molecular complexity index is 851. The number of hydrogen-bond donors (Lipinski definition) is 0. The average molecular weight is 332 g/mol. The molecule has 22 heavy (non-hydrogen) atoms. The predicted octanol–water partition coefficient (Wildman–Crippen LogP) is 3.12. The number of fused-ring (bicyclic) bond motifs is 4. The zero-order valence-corrected chi connectivity index (χ0v) is 13.5. The summed E-state index contributed by atoms with van der Waals surface area (Å²) in [7, 11) is 2.67. The molecule has 1 aromatic carbocycles. The lowest BCUT2D eigenvalue weighted by Crippen LogP contribution is -2.49. The van der Waals surface area contributed by atoms with Crippen LogP contribution in [0.25, 0.3) is 10.1 Å². The summed E-state index contributed by atoms with van der Waals surface area (Å²) in [4.78, 5) is 25.5. The second-order valence-electron chi connectivity index (χ2n) is 5.23. The lowest BCUT2D eigenvalue weighted by Gasteiger charge is -2.39. The first kappa shape index (κ1) is 13.8. The van der Waals surface area contributed by atoms with E-state index in [1.807, 2.05) is 6.08 Å². The zero-order valence-electron chi connectivity index (χ0n) is 11.9. The number of carbonyl (C=O) groups is 2. The molecule has 0 spiro atoms. The van der Waals surface area contributed by atoms with Crippen LogP contribution in [-0.4, -0.2) is 30.9 Å². The van der Waals surface area contributed by atoms with Crippen molar-refractivity contribution in [1.29, 1.82) is 0 Å². The van der Waals surface area contributed by atoms with Gasteiger partial charge in [-0.05, 0) is 34.5 Å². The molecule has 2 atom stereocenters. The molecule has 2 unspecified atom stereocenters. The van der Waals surface area contributed by atoms with Crippen LogP contribution in [-0.2, 0) is 19.1 Å². The maximum Gasteiger partial charge on any atom is 0.335 e. The van der Waals surface area contributed by atoms with E-state index in [0.717, 1.165) is 15.8 Å². The number of thioether (sulfide) groups is 1. The summed E-state index contributed by atoms with van der Waals surface area (Å²) < 4.78 is 9.99. The Morgan fingerprint density at radius 3 is 2.77 bits per heavy atom. The van der Waals surface area contributed by atoms with Gasteiger partial charge in [0, 0.05) is 15.5 Å². The minimum atomic E-state index is -0.992. The SMILES string of the molecule is COC(=O)C1=CC2c3cc4sccc4cc3SC12C(=O)OC. The highest BCUT2D eigenvalue weighted by atomic mass is 32.2. The molecule has 6 heteroatoms. The number of esters is 2. The summed E-state index contributed by atoms with van der Waals surface area (Å²) >= 11 is 3.06. The monoisotopic (exact) mass is 332 g/mol. The van der Waals surface area contributed by atoms with Gasteiger partial charge in [0.2, 0.25) is 0 Å². The number of carbonyl (C=O) groups excluding carboxylic acids is 2. The van der Waals surface area contributed by atoms with Crippen molar-refractivity contribution >= 4 is 45.1 Å². The van der Waals surface area contributed by atoms with E-state index in [1.165, 1.54) is 30.7 Å². The first-order valence-corrected chi connectivity index (χ1v) is 8.40. The first-order valence-electron chi connectivity index (χ1n) is 6.71. The quantitative estimate of drug-likeness (QED) is 0.791. The average Bonchev–Trinajstić information content (AvgIpc) is 3.05. The predicted molar refractivity (Wildman–Crippen MR) is 85.3 cm³/mol. The van der Waals surface area contributed by atoms with Crippen molar-refractivity contribution < 1.29 is 19.1 Å². The zero-order chi connectivity index (χ0) is 15.5. The third-order valence-electron chi connectivity index (χ3n) is 4.26. The van der Waals surface area contributed by atoms with Crippen molar-refractivity contribution in [3.63, 3.8) is 0 Å². The lowest BCUT2D eigenvalue weighted by atomic mass is 9.70. The molecule has 0 saturated heterocycles. The Morgan fingerprint density at radius 2 is 2.05 bits per heavy atom. The Kier molecular flexibility index (Phi) is 2.90. The van der Waals surface area contributed by atoms with Crippen LogP contribution in [0.5, 0.6) is 0 Å². The van der Waals surface area contributed by atoms with E-state index in [-0.39, 0.29) is 5.92 Å². The fourth-order valence-electron chi connectivity index (χ4n) is 3.18. The molecule has 4 nitrogen and oxygen atoms in total. The minimum Gasteiger partial charge on any atom is -0.468 e. The summed E-state index contributed by atoms with van der Waals surface area (Å²) in [5.41, 5.74) is 1.47. The van der Waals surface area contributed by atoms with Crippen molar-refractivity contribution in [3.8, 4) is 0 Å². The van der Waals surface area contributed by atoms with Gasteiger partial charge in [0.25, 0.3) is 0 Å². The fraction of sp³-hybridized carbons (Fsp3) is 0.250. The molecular weight excluding hydrogens is 320 g/mol. The van der Waals surface area contributed by atoms with Crippen LogP contribution in [0.3, 0.4) is 0 Å². The van der Waals surface area contributed by atoms with Gasteiger partial charge < -0.3 is 9.47 Å². The summed E-state index contributed by atoms with van der Waals surface area (Å²) in [5, 5.41) is 3.20. The molecule has 0 amide bonds. The molecule has 0 N–H and O–H groups in total. The van der Waals surface area contributed by atoms with Crippen LogP contribution >= 0.6 is 23.1 Å². The maximum atomic E-state index is 12.4. The summed E-state index contributed by atoms with van der Waals surface area (Å²) in [6, 6.07) is 6.25. The summed E-state index contributed by atoms with van der Waals surface area (Å²) in [6.45, 7) is 0. The first-order chi connectivity index (χ1) is 10.6. The maximum absolute atomic E-state index is 12.4. The van der Waals surface area contributed by atoms with Crippen molar-refractivity contribution in [2.75, 3.05) is 14.2 Å². The highest BCUT2D eigenvalue weighted by molar-refractivity contribution is 8.02. The number of hydrogen-bond acceptors (Lipinski definition) is 6. The Labute approximate surface area is 135 Å². The standard InChI is InChI=1S/C16H12O4S2/c1-19-14(17)11-7-10-9-6-12-8(3-4-21-12)5-13(9)22-16(10,11)15(18)20-2/h3-7,10H,1-2H3. The molecule has 0 radical (unpaired) electrons. The van der Waals surface area contributed by atoms with Gasteiger partial charge >= 0.3 is 11.9 Å². The number of thiophene rings is 1. The molecule has 112 valence electrons. The van der Waals surface area contributed by atoms with Crippen LogP contribution in [0.2, 0.25) is 0 Å². The molecule has 2 aliphatic rings. The van der Waals surface area contributed by atoms with Crippen molar-refractivity contribution in [2.24, 2.45) is 0 Å². The minimum absolute atomic E-state index is 0.138. The van der Waals surface area contributed by atoms with Crippen molar-refractivity contribution in [1.82, 2.24) is 0 Å². The normalized spacial score (nSPS) is 25.0. The second kappa shape index (κ2) is 4.60. The van der Waals surface area contributed by atoms with Crippen LogP contribution < -0.4 is 0 Å². The highest BCUT2D eigenvalue weighted by Crippen LogP contribution is 2.64. The van der Waals surface area contributed by atoms with E-state index < -0.39 is 16.7 Å². The van der Waals surface area contributed by atoms with Gasteiger partial charge in [-0.1, -0.05) is 6.08 Å². The molecule has 1 aliphatic carbocycles. The molecule has 0 fully saturated rings. The summed E-state index contributed by atoms with van der Waals surface area (Å²) in [6.07, 6.45) is 1.82. The van der Waals surface area contributed by atoms with E-state index in [0.29, 0.717) is 5.57 Å². The largest absolute Gasteiger partial charge is 0.468 e. The molecule has 0 saturated carbocycles. The van der Waals surface area contributed by atoms with Crippen LogP contribution in [0.15, 0.2) is 40.1 Å². The third kappa shape index (κ3) is 1.54. The number of rotatable bonds is 2. The number of benzene rings is 1. The Balaban J connectivity index is 1.88. The molecule has 1 aromatic heterocycles. The van der Waals surface area contributed by atoms with Gasteiger partial charge in [0.15, 0.2) is 4.75 Å². The second-order valence-corrected chi connectivity index (χ2v) is 7.46. The van der Waals surface area contributed by atoms with Gasteiger partial charge in [-0.2, -0.15) is 0 Å². The molecule has 2 aromatic rings. The fourth-order valence-corrected chi connectivity index (χ4v) is 5.58. The van der Waals surface area contributed by atoms with Gasteiger partial charge in [-0.3, -0.25) is 4.79 Å². The van der Waals surface area contributed by atoms with E-state index in [2.05, 4.69) is 23.6 Å². The Hall–Kier alpha value is -1.79. The van der Waals surface area contributed by atoms with Gasteiger partial charge in [0.05, 0.1) is 19.8 Å². The summed E-state index contributed by atoms with van der Waals surface area (Å²) in [5.74, 6) is -1.01. The molecule has 1 aliphatic heterocycles. The van der Waals surface area contributed by atoms with Crippen LogP contribution in [0.1, 0.15) is 11.5 Å². The molecular formula is C16H12O4S2. The third-order valence-corrected chi connectivity index (χ3v) is 6.67. The topological polar surface area (TPSA) is 52.6 Å². The van der Waals surface area contributed by atoms with Gasteiger partial charge in [0.1, 0.15) is 0 Å². The number of ether oxygens (including phenoxy) is 2. The Morgan fingerprint density at radius 1 is 1.23 bits per heavy atom. The van der Waals surface area contributed by atoms with Crippen molar-refractivity contribution in [2.45, 2.75) is 15.6 Å². The molecule has 0 bridgehead atoms. The smallest absolute Gasteiger partial charge is 0.335 e. The van der Waals surface area contributed by atoms with E-state index in [4.69, 9.17) is 9.47 Å². The lowest BCUT2D eigenvalue weighted by molar-refractivity contribution is -0.147. The molecule has 2 heterocycles. The van der Waals surface area contributed by atoms with Gasteiger partial charge in [-0.25, -0.2) is 4.79 Å². The van der Waals surface area contributed by atoms with Gasteiger partial charge in [-0.15, -0.1) is 23.1 Å². The van der Waals surface area contributed by atoms with Crippen LogP contribution in [0.4, 0.5) is 0 Å². The van der Waals surface area contributed by atoms with E-state index in [9.17, 15) is 9.59 Å². The molecule has 4 rings (SSSR count).